The maximum absolute atomic E-state index is 11.7. The number of hydrogen-bond donors (Lipinski definition) is 0. The summed E-state index contributed by atoms with van der Waals surface area (Å²) in [6.07, 6.45) is 0. The predicted molar refractivity (Wildman–Crippen MR) is 61.9 cm³/mol. The van der Waals surface area contributed by atoms with Gasteiger partial charge in [-0.05, 0) is 12.1 Å². The topological polar surface area (TPSA) is 57.7 Å². The Morgan fingerprint density at radius 1 is 1.06 bits per heavy atom. The number of aromatic nitrogens is 1. The van der Waals surface area contributed by atoms with E-state index in [4.69, 9.17) is 14.2 Å². The van der Waals surface area contributed by atoms with Crippen molar-refractivity contribution in [2.75, 3.05) is 13.4 Å². The third-order valence-electron chi connectivity index (χ3n) is 3.16. The third-order valence-corrected chi connectivity index (χ3v) is 3.16. The molecule has 5 nitrogen and oxygen atoms in total. The first-order valence-electron chi connectivity index (χ1n) is 5.65. The lowest BCUT2D eigenvalue weighted by Gasteiger charge is -2.15. The molecule has 1 aromatic heterocycles. The van der Waals surface area contributed by atoms with Gasteiger partial charge >= 0.3 is 0 Å². The Bertz CT molecular complexity index is 680. The van der Waals surface area contributed by atoms with Crippen molar-refractivity contribution < 1.29 is 19.0 Å². The minimum Gasteiger partial charge on any atom is -0.454 e. The summed E-state index contributed by atoms with van der Waals surface area (Å²) >= 11 is 0. The van der Waals surface area contributed by atoms with Crippen molar-refractivity contribution in [2.24, 2.45) is 0 Å². The molecule has 0 amide bonds. The summed E-state index contributed by atoms with van der Waals surface area (Å²) in [4.78, 5) is 16.2. The van der Waals surface area contributed by atoms with Crippen molar-refractivity contribution in [3.63, 3.8) is 0 Å². The molecule has 0 bridgehead atoms. The lowest BCUT2D eigenvalue weighted by molar-refractivity contribution is 0.0656. The zero-order valence-corrected chi connectivity index (χ0v) is 9.43. The quantitative estimate of drug-likeness (QED) is 0.704. The van der Waals surface area contributed by atoms with Gasteiger partial charge in [-0.2, -0.15) is 0 Å². The van der Waals surface area contributed by atoms with Crippen LogP contribution in [0.15, 0.2) is 18.2 Å². The fraction of sp³-hybridized carbons (Fsp3) is 0.231. The van der Waals surface area contributed by atoms with E-state index < -0.39 is 0 Å². The van der Waals surface area contributed by atoms with Gasteiger partial charge in [0.2, 0.25) is 6.79 Å². The summed E-state index contributed by atoms with van der Waals surface area (Å²) in [6, 6.07) is 5.54. The van der Waals surface area contributed by atoms with E-state index in [1.165, 1.54) is 0 Å². The molecule has 2 aromatic rings. The molecule has 2 aliphatic rings. The van der Waals surface area contributed by atoms with Crippen molar-refractivity contribution in [1.29, 1.82) is 0 Å². The molecule has 0 fully saturated rings. The van der Waals surface area contributed by atoms with E-state index in [2.05, 4.69) is 4.98 Å². The number of Topliss-reactive ketones (excluding diaryl/α,β-unsaturated/α-hetero) is 1. The SMILES string of the molecule is O=C1COCc2nc3cc4c(cc3cc21)OCO4. The lowest BCUT2D eigenvalue weighted by atomic mass is 10.0. The van der Waals surface area contributed by atoms with Crippen LogP contribution in [0.1, 0.15) is 16.1 Å². The number of pyridine rings is 1. The Labute approximate surface area is 102 Å². The molecule has 0 N–H and O–H groups in total. The van der Waals surface area contributed by atoms with Crippen LogP contribution in [0.3, 0.4) is 0 Å². The number of ether oxygens (including phenoxy) is 3. The summed E-state index contributed by atoms with van der Waals surface area (Å²) in [6.45, 7) is 0.740. The van der Waals surface area contributed by atoms with Crippen LogP contribution in [0.2, 0.25) is 0 Å². The Morgan fingerprint density at radius 2 is 1.89 bits per heavy atom. The summed E-state index contributed by atoms with van der Waals surface area (Å²) in [5.74, 6) is 1.37. The summed E-state index contributed by atoms with van der Waals surface area (Å²) < 4.78 is 15.8. The van der Waals surface area contributed by atoms with Crippen LogP contribution in [0.25, 0.3) is 10.9 Å². The number of carbonyl (C=O) groups is 1. The fourth-order valence-electron chi connectivity index (χ4n) is 2.27. The van der Waals surface area contributed by atoms with Crippen LogP contribution in [0.4, 0.5) is 0 Å². The standard InChI is InChI=1S/C13H9NO4/c15-11-5-16-4-10-8(11)1-7-2-12-13(18-6-17-12)3-9(7)14-10/h1-3H,4-6H2. The van der Waals surface area contributed by atoms with Crippen molar-refractivity contribution in [1.82, 2.24) is 4.98 Å². The van der Waals surface area contributed by atoms with Crippen LogP contribution in [-0.4, -0.2) is 24.2 Å². The first kappa shape index (κ1) is 9.85. The third kappa shape index (κ3) is 1.31. The van der Waals surface area contributed by atoms with Gasteiger partial charge in [-0.1, -0.05) is 0 Å². The second-order valence-electron chi connectivity index (χ2n) is 4.30. The van der Waals surface area contributed by atoms with E-state index in [9.17, 15) is 4.79 Å². The molecule has 0 radical (unpaired) electrons. The van der Waals surface area contributed by atoms with E-state index in [1.54, 1.807) is 0 Å². The number of ketones is 1. The summed E-state index contributed by atoms with van der Waals surface area (Å²) in [7, 11) is 0. The molecule has 4 rings (SSSR count). The Morgan fingerprint density at radius 3 is 2.78 bits per heavy atom. The maximum atomic E-state index is 11.7. The maximum Gasteiger partial charge on any atom is 0.231 e. The van der Waals surface area contributed by atoms with Gasteiger partial charge in [0.1, 0.15) is 6.61 Å². The zero-order valence-electron chi connectivity index (χ0n) is 9.43. The van der Waals surface area contributed by atoms with Crippen LogP contribution in [0, 0.1) is 0 Å². The Hall–Kier alpha value is -2.14. The van der Waals surface area contributed by atoms with Gasteiger partial charge in [0.15, 0.2) is 17.3 Å². The Balaban J connectivity index is 1.99. The minimum atomic E-state index is -0.0247. The second kappa shape index (κ2) is 3.43. The molecule has 3 heterocycles. The van der Waals surface area contributed by atoms with E-state index in [0.717, 1.165) is 10.9 Å². The van der Waals surface area contributed by atoms with Gasteiger partial charge in [0.05, 0.1) is 17.8 Å². The summed E-state index contributed by atoms with van der Waals surface area (Å²) in [5.41, 5.74) is 2.13. The number of carbonyl (C=O) groups excluding carboxylic acids is 1. The second-order valence-corrected chi connectivity index (χ2v) is 4.30. The molecule has 18 heavy (non-hydrogen) atoms. The molecule has 2 aliphatic heterocycles. The number of rotatable bonds is 0. The highest BCUT2D eigenvalue weighted by Crippen LogP contribution is 2.36. The van der Waals surface area contributed by atoms with Crippen LogP contribution < -0.4 is 9.47 Å². The number of fused-ring (bicyclic) bond motifs is 3. The van der Waals surface area contributed by atoms with Gasteiger partial charge in [-0.15, -0.1) is 0 Å². The molecule has 0 atom stereocenters. The van der Waals surface area contributed by atoms with Crippen LogP contribution in [0.5, 0.6) is 11.5 Å². The highest BCUT2D eigenvalue weighted by atomic mass is 16.7. The summed E-state index contributed by atoms with van der Waals surface area (Å²) in [5, 5.41) is 0.883. The van der Waals surface area contributed by atoms with E-state index >= 15 is 0 Å². The van der Waals surface area contributed by atoms with Gasteiger partial charge in [0.25, 0.3) is 0 Å². The normalized spacial score (nSPS) is 17.0. The first-order chi connectivity index (χ1) is 8.81. The number of benzene rings is 1. The van der Waals surface area contributed by atoms with E-state index in [-0.39, 0.29) is 19.2 Å². The van der Waals surface area contributed by atoms with Gasteiger partial charge in [-0.3, -0.25) is 4.79 Å². The molecule has 0 unspecified atom stereocenters. The van der Waals surface area contributed by atoms with E-state index in [1.807, 2.05) is 18.2 Å². The van der Waals surface area contributed by atoms with Crippen molar-refractivity contribution in [3.8, 4) is 11.5 Å². The highest BCUT2D eigenvalue weighted by molar-refractivity contribution is 6.01. The molecule has 5 heteroatoms. The average Bonchev–Trinajstić information content (AvgIpc) is 2.81. The lowest BCUT2D eigenvalue weighted by Crippen LogP contribution is -2.19. The monoisotopic (exact) mass is 243 g/mol. The molecule has 0 saturated heterocycles. The minimum absolute atomic E-state index is 0.0247. The predicted octanol–water partition coefficient (Wildman–Crippen LogP) is 1.68. The Kier molecular flexibility index (Phi) is 1.87. The van der Waals surface area contributed by atoms with Crippen molar-refractivity contribution in [3.05, 3.63) is 29.5 Å². The molecule has 90 valence electrons. The highest BCUT2D eigenvalue weighted by Gasteiger charge is 2.21. The molecule has 0 saturated carbocycles. The largest absolute Gasteiger partial charge is 0.454 e. The molecule has 1 aromatic carbocycles. The van der Waals surface area contributed by atoms with Crippen molar-refractivity contribution in [2.45, 2.75) is 6.61 Å². The van der Waals surface area contributed by atoms with Gasteiger partial charge in [0, 0.05) is 17.0 Å². The van der Waals surface area contributed by atoms with Crippen LogP contribution in [-0.2, 0) is 11.3 Å². The van der Waals surface area contributed by atoms with Gasteiger partial charge in [-0.25, -0.2) is 4.98 Å². The molecule has 0 aliphatic carbocycles. The molecule has 0 spiro atoms. The number of hydrogen-bond acceptors (Lipinski definition) is 5. The van der Waals surface area contributed by atoms with Gasteiger partial charge < -0.3 is 14.2 Å². The first-order valence-corrected chi connectivity index (χ1v) is 5.65. The van der Waals surface area contributed by atoms with Crippen molar-refractivity contribution >= 4 is 16.7 Å². The molecular weight excluding hydrogens is 234 g/mol. The fourth-order valence-corrected chi connectivity index (χ4v) is 2.27. The smallest absolute Gasteiger partial charge is 0.231 e. The average molecular weight is 243 g/mol. The number of nitrogens with zero attached hydrogens (tertiary/aromatic N) is 1. The van der Waals surface area contributed by atoms with E-state index in [0.29, 0.717) is 29.4 Å². The van der Waals surface area contributed by atoms with Crippen LogP contribution >= 0.6 is 0 Å². The molecular formula is C13H9NO4. The zero-order chi connectivity index (χ0) is 12.1.